The van der Waals surface area contributed by atoms with Crippen molar-refractivity contribution in [3.63, 3.8) is 0 Å². The highest BCUT2D eigenvalue weighted by Crippen LogP contribution is 2.26. The molecule has 1 aromatic rings. The summed E-state index contributed by atoms with van der Waals surface area (Å²) in [5.41, 5.74) is 2.25. The van der Waals surface area contributed by atoms with Gasteiger partial charge in [-0.2, -0.15) is 0 Å². The number of hydroxylamine groups is 1. The number of carbonyl (C=O) groups is 1. The zero-order valence-electron chi connectivity index (χ0n) is 13.6. The van der Waals surface area contributed by atoms with Crippen LogP contribution in [0, 0.1) is 0 Å². The minimum atomic E-state index is -4.84. The van der Waals surface area contributed by atoms with Gasteiger partial charge in [-0.1, -0.05) is 18.2 Å². The van der Waals surface area contributed by atoms with Gasteiger partial charge in [0.15, 0.2) is 0 Å². The van der Waals surface area contributed by atoms with Crippen LogP contribution in [0.5, 0.6) is 0 Å². The molecule has 0 fully saturated rings. The second-order valence-corrected chi connectivity index (χ2v) is 7.27. The molecule has 0 spiro atoms. The number of alkyl halides is 3. The van der Waals surface area contributed by atoms with E-state index in [1.807, 2.05) is 0 Å². The average Bonchev–Trinajstić information content (AvgIpc) is 2.59. The molecule has 7 nitrogen and oxygen atoms in total. The molecule has 1 aliphatic carbocycles. The fourth-order valence-corrected chi connectivity index (χ4v) is 3.38. The number of ether oxygens (including phenoxy) is 1. The van der Waals surface area contributed by atoms with Crippen LogP contribution in [0.25, 0.3) is 6.08 Å². The van der Waals surface area contributed by atoms with Gasteiger partial charge >= 0.3 is 6.36 Å². The third kappa shape index (κ3) is 6.46. The summed E-state index contributed by atoms with van der Waals surface area (Å²) in [6, 6.07) is 5.97. The lowest BCUT2D eigenvalue weighted by molar-refractivity contribution is -0.303. The molecule has 1 amide bonds. The Kier molecular flexibility index (Phi) is 6.28. The van der Waals surface area contributed by atoms with Crippen LogP contribution < -0.4 is 10.2 Å². The van der Waals surface area contributed by atoms with Gasteiger partial charge in [0.2, 0.25) is 10.0 Å². The van der Waals surface area contributed by atoms with Gasteiger partial charge in [-0.05, 0) is 42.3 Å². The molecule has 3 N–H and O–H groups in total. The number of amides is 1. The van der Waals surface area contributed by atoms with Crippen molar-refractivity contribution in [3.05, 3.63) is 59.9 Å². The van der Waals surface area contributed by atoms with Crippen molar-refractivity contribution in [3.8, 4) is 0 Å². The van der Waals surface area contributed by atoms with E-state index in [4.69, 9.17) is 5.21 Å². The number of sulfonamides is 1. The lowest BCUT2D eigenvalue weighted by Crippen LogP contribution is -2.27. The summed E-state index contributed by atoms with van der Waals surface area (Å²) < 4.78 is 67.2. The predicted molar refractivity (Wildman–Crippen MR) is 90.7 cm³/mol. The highest BCUT2D eigenvalue weighted by Gasteiger charge is 2.33. The average molecular weight is 404 g/mol. The van der Waals surface area contributed by atoms with Crippen molar-refractivity contribution in [1.29, 1.82) is 0 Å². The second kappa shape index (κ2) is 8.27. The summed E-state index contributed by atoms with van der Waals surface area (Å²) in [6.07, 6.45) is 0.606. The number of nitrogens with one attached hydrogen (secondary N) is 2. The minimum Gasteiger partial charge on any atom is -0.406 e. The van der Waals surface area contributed by atoms with E-state index in [9.17, 15) is 26.4 Å². The quantitative estimate of drug-likeness (QED) is 0.384. The molecule has 0 saturated heterocycles. The van der Waals surface area contributed by atoms with Crippen molar-refractivity contribution in [2.75, 3.05) is 4.72 Å². The highest BCUT2D eigenvalue weighted by atomic mass is 32.2. The Balaban J connectivity index is 2.00. The lowest BCUT2D eigenvalue weighted by Gasteiger charge is -2.19. The van der Waals surface area contributed by atoms with Gasteiger partial charge in [-0.15, -0.1) is 13.2 Å². The molecule has 1 atom stereocenters. The third-order valence-electron chi connectivity index (χ3n) is 3.37. The zero-order chi connectivity index (χ0) is 20.1. The number of carbonyl (C=O) groups excluding carboxylic acids is 1. The van der Waals surface area contributed by atoms with Crippen LogP contribution in [0.4, 0.5) is 18.9 Å². The molecule has 146 valence electrons. The van der Waals surface area contributed by atoms with Crippen molar-refractivity contribution in [2.45, 2.75) is 18.0 Å². The molecule has 0 heterocycles. The summed E-state index contributed by atoms with van der Waals surface area (Å²) in [7, 11) is -3.88. The lowest BCUT2D eigenvalue weighted by atomic mass is 10.2. The molecule has 1 unspecified atom stereocenters. The van der Waals surface area contributed by atoms with Crippen LogP contribution in [-0.2, 0) is 19.6 Å². The SMILES string of the molecule is O=C(/C=C/c1ccc(NS(=O)(=O)C2C=CC(OC(F)(F)F)=CC2)cc1)NO. The van der Waals surface area contributed by atoms with E-state index >= 15 is 0 Å². The van der Waals surface area contributed by atoms with E-state index in [0.29, 0.717) is 5.56 Å². The molecule has 0 bridgehead atoms. The number of rotatable bonds is 6. The number of hydrogen-bond donors (Lipinski definition) is 3. The maximum absolute atomic E-state index is 12.3. The Bertz CT molecular complexity index is 874. The first kappa shape index (κ1) is 20.5. The van der Waals surface area contributed by atoms with Gasteiger partial charge in [-0.25, -0.2) is 13.9 Å². The molecular formula is C16H15F3N2O5S. The Morgan fingerprint density at radius 1 is 1.26 bits per heavy atom. The van der Waals surface area contributed by atoms with E-state index < -0.39 is 33.3 Å². The third-order valence-corrected chi connectivity index (χ3v) is 5.03. The Labute approximate surface area is 152 Å². The largest absolute Gasteiger partial charge is 0.573 e. The first-order chi connectivity index (χ1) is 12.6. The maximum atomic E-state index is 12.3. The molecule has 0 saturated carbocycles. The Morgan fingerprint density at radius 2 is 1.93 bits per heavy atom. The van der Waals surface area contributed by atoms with E-state index in [-0.39, 0.29) is 12.1 Å². The Morgan fingerprint density at radius 3 is 2.44 bits per heavy atom. The van der Waals surface area contributed by atoms with Gasteiger partial charge in [0.1, 0.15) is 11.0 Å². The molecule has 11 heteroatoms. The number of allylic oxidation sites excluding steroid dienone is 2. The molecule has 0 radical (unpaired) electrons. The van der Waals surface area contributed by atoms with Crippen LogP contribution in [0.15, 0.2) is 54.3 Å². The summed E-state index contributed by atoms with van der Waals surface area (Å²) in [6.45, 7) is 0. The van der Waals surface area contributed by atoms with Gasteiger partial charge in [0.25, 0.3) is 5.91 Å². The fourth-order valence-electron chi connectivity index (χ4n) is 2.13. The molecule has 2 rings (SSSR count). The predicted octanol–water partition coefficient (Wildman–Crippen LogP) is 2.70. The smallest absolute Gasteiger partial charge is 0.406 e. The van der Waals surface area contributed by atoms with E-state index in [2.05, 4.69) is 9.46 Å². The van der Waals surface area contributed by atoms with E-state index in [1.165, 1.54) is 35.8 Å². The van der Waals surface area contributed by atoms with E-state index in [0.717, 1.165) is 24.3 Å². The summed E-state index contributed by atoms with van der Waals surface area (Å²) >= 11 is 0. The number of hydrogen-bond acceptors (Lipinski definition) is 5. The second-order valence-electron chi connectivity index (χ2n) is 5.37. The first-order valence-electron chi connectivity index (χ1n) is 7.47. The summed E-state index contributed by atoms with van der Waals surface area (Å²) in [5.74, 6) is -1.18. The molecule has 1 aromatic carbocycles. The molecule has 0 aromatic heterocycles. The fraction of sp³-hybridized carbons (Fsp3) is 0.188. The molecule has 1 aliphatic rings. The molecule has 0 aliphatic heterocycles. The first-order valence-corrected chi connectivity index (χ1v) is 9.01. The highest BCUT2D eigenvalue weighted by molar-refractivity contribution is 7.93. The minimum absolute atomic E-state index is 0.172. The van der Waals surface area contributed by atoms with Crippen molar-refractivity contribution in [1.82, 2.24) is 5.48 Å². The van der Waals surface area contributed by atoms with E-state index in [1.54, 1.807) is 0 Å². The molecule has 27 heavy (non-hydrogen) atoms. The zero-order valence-corrected chi connectivity index (χ0v) is 14.4. The summed E-state index contributed by atoms with van der Waals surface area (Å²) in [5, 5.41) is 7.33. The van der Waals surface area contributed by atoms with Crippen molar-refractivity contribution < 1.29 is 36.3 Å². The van der Waals surface area contributed by atoms with Gasteiger partial charge in [0.05, 0.1) is 0 Å². The number of benzene rings is 1. The van der Waals surface area contributed by atoms with Crippen LogP contribution in [0.3, 0.4) is 0 Å². The van der Waals surface area contributed by atoms with Crippen LogP contribution in [0.2, 0.25) is 0 Å². The van der Waals surface area contributed by atoms with Gasteiger partial charge < -0.3 is 4.74 Å². The molecular weight excluding hydrogens is 389 g/mol. The van der Waals surface area contributed by atoms with Crippen LogP contribution in [-0.4, -0.2) is 31.1 Å². The standard InChI is InChI=1S/C16H15F3N2O5S/c17-16(18,19)26-13-6-8-14(9-7-13)27(24,25)21-12-4-1-11(2-5-12)3-10-15(22)20-23/h1-8,10,14,21,23H,9H2,(H,20,22)/b10-3+. The normalized spacial score (nSPS) is 17.5. The summed E-state index contributed by atoms with van der Waals surface area (Å²) in [4.78, 5) is 10.9. The topological polar surface area (TPSA) is 105 Å². The van der Waals surface area contributed by atoms with Gasteiger partial charge in [-0.3, -0.25) is 14.7 Å². The maximum Gasteiger partial charge on any atom is 0.573 e. The van der Waals surface area contributed by atoms with Crippen LogP contribution >= 0.6 is 0 Å². The number of halogens is 3. The number of anilines is 1. The van der Waals surface area contributed by atoms with Crippen molar-refractivity contribution in [2.24, 2.45) is 0 Å². The Hall–Kier alpha value is -2.79. The monoisotopic (exact) mass is 404 g/mol. The van der Waals surface area contributed by atoms with Crippen molar-refractivity contribution >= 4 is 27.7 Å². The van der Waals surface area contributed by atoms with Crippen LogP contribution in [0.1, 0.15) is 12.0 Å². The van der Waals surface area contributed by atoms with Gasteiger partial charge in [0, 0.05) is 11.8 Å².